The van der Waals surface area contributed by atoms with Crippen molar-refractivity contribution < 1.29 is 0 Å². The minimum absolute atomic E-state index is 0.476. The van der Waals surface area contributed by atoms with Gasteiger partial charge in [0, 0.05) is 13.6 Å². The van der Waals surface area contributed by atoms with Crippen molar-refractivity contribution >= 4 is 17.4 Å². The lowest BCUT2D eigenvalue weighted by atomic mass is 10.1. The fourth-order valence-corrected chi connectivity index (χ4v) is 2.04. The number of rotatable bonds is 3. The number of aromatic nitrogens is 2. The Kier molecular flexibility index (Phi) is 3.82. The molecule has 0 spiro atoms. The first-order chi connectivity index (χ1) is 8.59. The second-order valence-electron chi connectivity index (χ2n) is 4.41. The molecule has 3 nitrogen and oxygen atoms in total. The second-order valence-corrected chi connectivity index (χ2v) is 4.76. The molecule has 0 N–H and O–H groups in total. The Morgan fingerprint density at radius 3 is 2.39 bits per heavy atom. The molecule has 1 heterocycles. The van der Waals surface area contributed by atoms with Gasteiger partial charge in [0.1, 0.15) is 0 Å². The summed E-state index contributed by atoms with van der Waals surface area (Å²) in [5.74, 6) is 0.876. The largest absolute Gasteiger partial charge is 0.354 e. The van der Waals surface area contributed by atoms with Crippen LogP contribution >= 0.6 is 11.6 Å². The summed E-state index contributed by atoms with van der Waals surface area (Å²) in [6.45, 7) is 4.79. The van der Waals surface area contributed by atoms with Crippen LogP contribution in [0.15, 0.2) is 30.3 Å². The van der Waals surface area contributed by atoms with E-state index in [-0.39, 0.29) is 0 Å². The highest BCUT2D eigenvalue weighted by atomic mass is 35.5. The van der Waals surface area contributed by atoms with Gasteiger partial charge in [0.2, 0.25) is 0 Å². The maximum Gasteiger partial charge on any atom is 0.155 e. The molecule has 2 aromatic rings. The second kappa shape index (κ2) is 5.36. The number of hydrogen-bond donors (Lipinski definition) is 0. The van der Waals surface area contributed by atoms with E-state index < -0.39 is 0 Å². The molecule has 0 saturated carbocycles. The summed E-state index contributed by atoms with van der Waals surface area (Å²) in [7, 11) is 2.01. The maximum atomic E-state index is 5.96. The molecule has 0 aliphatic carbocycles. The highest BCUT2D eigenvalue weighted by molar-refractivity contribution is 6.30. The average molecular weight is 262 g/mol. The van der Waals surface area contributed by atoms with Crippen LogP contribution in [-0.2, 0) is 6.54 Å². The zero-order chi connectivity index (χ0) is 13.1. The Morgan fingerprint density at radius 2 is 1.72 bits per heavy atom. The lowest BCUT2D eigenvalue weighted by Gasteiger charge is -2.20. The molecule has 1 aromatic carbocycles. The van der Waals surface area contributed by atoms with Crippen molar-refractivity contribution in [3.63, 3.8) is 0 Å². The first kappa shape index (κ1) is 12.8. The molecule has 4 heteroatoms. The van der Waals surface area contributed by atoms with Gasteiger partial charge in [-0.3, -0.25) is 0 Å². The van der Waals surface area contributed by atoms with Crippen molar-refractivity contribution in [3.8, 4) is 0 Å². The monoisotopic (exact) mass is 261 g/mol. The van der Waals surface area contributed by atoms with Gasteiger partial charge in [0.25, 0.3) is 0 Å². The molecule has 0 fully saturated rings. The first-order valence-corrected chi connectivity index (χ1v) is 6.22. The lowest BCUT2D eigenvalue weighted by molar-refractivity contribution is 0.853. The van der Waals surface area contributed by atoms with Gasteiger partial charge in [-0.1, -0.05) is 41.9 Å². The molecule has 2 rings (SSSR count). The van der Waals surface area contributed by atoms with Crippen molar-refractivity contribution in [2.75, 3.05) is 11.9 Å². The van der Waals surface area contributed by atoms with E-state index >= 15 is 0 Å². The van der Waals surface area contributed by atoms with Gasteiger partial charge >= 0.3 is 0 Å². The fraction of sp³-hybridized carbons (Fsp3) is 0.286. The molecule has 0 bridgehead atoms. The number of anilines is 1. The van der Waals surface area contributed by atoms with Gasteiger partial charge in [-0.15, -0.1) is 10.2 Å². The first-order valence-electron chi connectivity index (χ1n) is 5.84. The highest BCUT2D eigenvalue weighted by Crippen LogP contribution is 2.23. The molecular formula is C14H16ClN3. The Labute approximate surface area is 112 Å². The number of hydrogen-bond acceptors (Lipinski definition) is 3. The fourth-order valence-electron chi connectivity index (χ4n) is 1.86. The molecule has 0 aliphatic rings. The zero-order valence-corrected chi connectivity index (χ0v) is 11.6. The number of nitrogens with zero attached hydrogens (tertiary/aromatic N) is 3. The summed E-state index contributed by atoms with van der Waals surface area (Å²) in [4.78, 5) is 2.08. The average Bonchev–Trinajstić information content (AvgIpc) is 2.37. The SMILES string of the molecule is Cc1c(Cl)nnc(N(C)Cc2ccccc2)c1C. The quantitative estimate of drug-likeness (QED) is 0.848. The van der Waals surface area contributed by atoms with E-state index in [1.54, 1.807) is 0 Å². The van der Waals surface area contributed by atoms with Crippen LogP contribution in [0.5, 0.6) is 0 Å². The third-order valence-corrected chi connectivity index (χ3v) is 3.42. The minimum Gasteiger partial charge on any atom is -0.354 e. The number of benzene rings is 1. The molecule has 18 heavy (non-hydrogen) atoms. The number of halogens is 1. The third-order valence-electron chi connectivity index (χ3n) is 3.06. The van der Waals surface area contributed by atoms with Crippen LogP contribution in [0.4, 0.5) is 5.82 Å². The van der Waals surface area contributed by atoms with E-state index in [0.717, 1.165) is 23.5 Å². The predicted molar refractivity (Wildman–Crippen MR) is 75.1 cm³/mol. The summed E-state index contributed by atoms with van der Waals surface area (Å²) < 4.78 is 0. The van der Waals surface area contributed by atoms with Crippen molar-refractivity contribution in [2.45, 2.75) is 20.4 Å². The Morgan fingerprint density at radius 1 is 1.06 bits per heavy atom. The van der Waals surface area contributed by atoms with Crippen molar-refractivity contribution in [1.29, 1.82) is 0 Å². The molecule has 0 saturated heterocycles. The predicted octanol–water partition coefficient (Wildman–Crippen LogP) is 3.38. The van der Waals surface area contributed by atoms with Crippen LogP contribution in [-0.4, -0.2) is 17.2 Å². The Balaban J connectivity index is 2.24. The summed E-state index contributed by atoms with van der Waals surface area (Å²) >= 11 is 5.96. The lowest BCUT2D eigenvalue weighted by Crippen LogP contribution is -2.19. The van der Waals surface area contributed by atoms with E-state index in [9.17, 15) is 0 Å². The molecule has 0 aliphatic heterocycles. The summed E-state index contributed by atoms with van der Waals surface area (Å²) in [6.07, 6.45) is 0. The molecule has 0 unspecified atom stereocenters. The van der Waals surface area contributed by atoms with Crippen molar-refractivity contribution in [3.05, 3.63) is 52.2 Å². The molecular weight excluding hydrogens is 246 g/mol. The van der Waals surface area contributed by atoms with Gasteiger partial charge in [-0.2, -0.15) is 0 Å². The third kappa shape index (κ3) is 2.62. The molecule has 0 radical (unpaired) electrons. The van der Waals surface area contributed by atoms with E-state index in [0.29, 0.717) is 5.15 Å². The van der Waals surface area contributed by atoms with Gasteiger partial charge in [0.05, 0.1) is 0 Å². The van der Waals surface area contributed by atoms with E-state index in [1.807, 2.05) is 39.1 Å². The van der Waals surface area contributed by atoms with Gasteiger partial charge in [0.15, 0.2) is 11.0 Å². The standard InChI is InChI=1S/C14H16ClN3/c1-10-11(2)14(17-16-13(10)15)18(3)9-12-7-5-4-6-8-12/h4-8H,9H2,1-3H3. The maximum absolute atomic E-state index is 5.96. The zero-order valence-electron chi connectivity index (χ0n) is 10.8. The van der Waals surface area contributed by atoms with Crippen LogP contribution in [0.3, 0.4) is 0 Å². The van der Waals surface area contributed by atoms with Gasteiger partial charge in [-0.05, 0) is 30.5 Å². The van der Waals surface area contributed by atoms with Crippen LogP contribution in [0.2, 0.25) is 5.15 Å². The molecule has 0 atom stereocenters. The van der Waals surface area contributed by atoms with Crippen LogP contribution in [0.1, 0.15) is 16.7 Å². The van der Waals surface area contributed by atoms with Gasteiger partial charge in [-0.25, -0.2) is 0 Å². The summed E-state index contributed by atoms with van der Waals surface area (Å²) in [6, 6.07) is 10.3. The molecule has 94 valence electrons. The smallest absolute Gasteiger partial charge is 0.155 e. The van der Waals surface area contributed by atoms with E-state index in [2.05, 4.69) is 27.2 Å². The van der Waals surface area contributed by atoms with Crippen molar-refractivity contribution in [2.24, 2.45) is 0 Å². The Hall–Kier alpha value is -1.61. The molecule has 0 amide bonds. The Bertz CT molecular complexity index is 540. The topological polar surface area (TPSA) is 29.0 Å². The summed E-state index contributed by atoms with van der Waals surface area (Å²) in [5.41, 5.74) is 3.31. The highest BCUT2D eigenvalue weighted by Gasteiger charge is 2.12. The minimum atomic E-state index is 0.476. The normalized spacial score (nSPS) is 10.4. The van der Waals surface area contributed by atoms with Crippen LogP contribution in [0, 0.1) is 13.8 Å². The van der Waals surface area contributed by atoms with Crippen molar-refractivity contribution in [1.82, 2.24) is 10.2 Å². The molecule has 1 aromatic heterocycles. The van der Waals surface area contributed by atoms with Crippen LogP contribution in [0.25, 0.3) is 0 Å². The van der Waals surface area contributed by atoms with E-state index in [4.69, 9.17) is 11.6 Å². The van der Waals surface area contributed by atoms with Crippen LogP contribution < -0.4 is 4.90 Å². The van der Waals surface area contributed by atoms with E-state index in [1.165, 1.54) is 5.56 Å². The summed E-state index contributed by atoms with van der Waals surface area (Å²) in [5, 5.41) is 8.63. The van der Waals surface area contributed by atoms with Gasteiger partial charge < -0.3 is 4.90 Å².